The fraction of sp³-hybridized carbons (Fsp3) is 0.462. The van der Waals surface area contributed by atoms with Crippen LogP contribution in [0.2, 0.25) is 0 Å². The van der Waals surface area contributed by atoms with Gasteiger partial charge in [-0.1, -0.05) is 19.1 Å². The summed E-state index contributed by atoms with van der Waals surface area (Å²) in [4.78, 5) is 11.3. The molecule has 94 valence electrons. The highest BCUT2D eigenvalue weighted by Gasteiger charge is 2.18. The molecule has 0 saturated carbocycles. The van der Waals surface area contributed by atoms with Crippen LogP contribution in [0.1, 0.15) is 31.9 Å². The number of carbonyl (C=O) groups excluding carboxylic acids is 1. The van der Waals surface area contributed by atoms with E-state index in [-0.39, 0.29) is 23.8 Å². The number of esters is 1. The third-order valence-corrected chi connectivity index (χ3v) is 2.71. The standard InChI is InChI=1S/C13H19NO3/c1-4-12(14-9(2)13(16)17-3)10-5-7-11(15)8-6-10/h5-9,12,14-15H,4H2,1-3H3/t9-,12?/m0/s1. The number of benzene rings is 1. The summed E-state index contributed by atoms with van der Waals surface area (Å²) in [7, 11) is 1.38. The lowest BCUT2D eigenvalue weighted by molar-refractivity contribution is -0.142. The summed E-state index contributed by atoms with van der Waals surface area (Å²) in [5.74, 6) is -0.0353. The Morgan fingerprint density at radius 1 is 1.41 bits per heavy atom. The monoisotopic (exact) mass is 237 g/mol. The van der Waals surface area contributed by atoms with Crippen LogP contribution in [0, 0.1) is 0 Å². The van der Waals surface area contributed by atoms with E-state index in [1.807, 2.05) is 19.1 Å². The highest BCUT2D eigenvalue weighted by Crippen LogP contribution is 2.20. The summed E-state index contributed by atoms with van der Waals surface area (Å²) in [6.45, 7) is 3.81. The number of phenols is 1. The molecule has 0 spiro atoms. The van der Waals surface area contributed by atoms with Gasteiger partial charge in [-0.15, -0.1) is 0 Å². The first-order valence-corrected chi connectivity index (χ1v) is 5.71. The third kappa shape index (κ3) is 3.75. The molecule has 4 heteroatoms. The van der Waals surface area contributed by atoms with Gasteiger partial charge in [-0.3, -0.25) is 10.1 Å². The second-order valence-electron chi connectivity index (χ2n) is 3.96. The predicted octanol–water partition coefficient (Wildman–Crippen LogP) is 1.99. The van der Waals surface area contributed by atoms with E-state index in [0.717, 1.165) is 12.0 Å². The predicted molar refractivity (Wildman–Crippen MR) is 65.8 cm³/mol. The maximum absolute atomic E-state index is 11.3. The van der Waals surface area contributed by atoms with Crippen LogP contribution in [0.5, 0.6) is 5.75 Å². The molecule has 0 bridgehead atoms. The van der Waals surface area contributed by atoms with E-state index >= 15 is 0 Å². The Morgan fingerprint density at radius 3 is 2.47 bits per heavy atom. The smallest absolute Gasteiger partial charge is 0.322 e. The van der Waals surface area contributed by atoms with Crippen LogP contribution < -0.4 is 5.32 Å². The van der Waals surface area contributed by atoms with Crippen LogP contribution in [0.4, 0.5) is 0 Å². The zero-order valence-electron chi connectivity index (χ0n) is 10.4. The second-order valence-corrected chi connectivity index (χ2v) is 3.96. The quantitative estimate of drug-likeness (QED) is 0.769. The average Bonchev–Trinajstić information content (AvgIpc) is 2.35. The number of ether oxygens (including phenoxy) is 1. The van der Waals surface area contributed by atoms with Crippen molar-refractivity contribution in [1.29, 1.82) is 0 Å². The van der Waals surface area contributed by atoms with E-state index in [9.17, 15) is 9.90 Å². The van der Waals surface area contributed by atoms with Crippen LogP contribution in [0.25, 0.3) is 0 Å². The summed E-state index contributed by atoms with van der Waals surface area (Å²) in [6.07, 6.45) is 0.853. The number of hydrogen-bond acceptors (Lipinski definition) is 4. The topological polar surface area (TPSA) is 58.6 Å². The summed E-state index contributed by atoms with van der Waals surface area (Å²) < 4.78 is 4.67. The zero-order valence-corrected chi connectivity index (χ0v) is 10.4. The van der Waals surface area contributed by atoms with Gasteiger partial charge in [0.1, 0.15) is 11.8 Å². The van der Waals surface area contributed by atoms with Crippen LogP contribution in [0.15, 0.2) is 24.3 Å². The summed E-state index contributed by atoms with van der Waals surface area (Å²) in [5, 5.41) is 12.4. The van der Waals surface area contributed by atoms with E-state index in [1.54, 1.807) is 19.1 Å². The first kappa shape index (κ1) is 13.5. The lowest BCUT2D eigenvalue weighted by atomic mass is 10.0. The summed E-state index contributed by atoms with van der Waals surface area (Å²) >= 11 is 0. The SMILES string of the molecule is CCC(N[C@@H](C)C(=O)OC)c1ccc(O)cc1. The van der Waals surface area contributed by atoms with Gasteiger partial charge in [-0.2, -0.15) is 0 Å². The van der Waals surface area contributed by atoms with E-state index in [2.05, 4.69) is 10.1 Å². The largest absolute Gasteiger partial charge is 0.508 e. The maximum Gasteiger partial charge on any atom is 0.322 e. The molecule has 0 radical (unpaired) electrons. The van der Waals surface area contributed by atoms with Gasteiger partial charge in [-0.05, 0) is 31.0 Å². The molecule has 1 aromatic rings. The molecule has 1 unspecified atom stereocenters. The molecule has 0 aliphatic rings. The van der Waals surface area contributed by atoms with E-state index in [0.29, 0.717) is 0 Å². The van der Waals surface area contributed by atoms with Crippen molar-refractivity contribution in [3.8, 4) is 5.75 Å². The average molecular weight is 237 g/mol. The van der Waals surface area contributed by atoms with Crippen molar-refractivity contribution in [3.05, 3.63) is 29.8 Å². The van der Waals surface area contributed by atoms with E-state index < -0.39 is 0 Å². The van der Waals surface area contributed by atoms with Gasteiger partial charge < -0.3 is 9.84 Å². The van der Waals surface area contributed by atoms with Crippen molar-refractivity contribution < 1.29 is 14.6 Å². The van der Waals surface area contributed by atoms with Gasteiger partial charge in [0.05, 0.1) is 7.11 Å². The van der Waals surface area contributed by atoms with Crippen LogP contribution in [-0.4, -0.2) is 24.2 Å². The molecule has 0 aliphatic carbocycles. The van der Waals surface area contributed by atoms with Crippen molar-refractivity contribution in [2.45, 2.75) is 32.4 Å². The molecule has 1 aromatic carbocycles. The normalized spacial score (nSPS) is 14.1. The molecule has 1 rings (SSSR count). The van der Waals surface area contributed by atoms with Gasteiger partial charge in [0, 0.05) is 6.04 Å². The minimum Gasteiger partial charge on any atom is -0.508 e. The van der Waals surface area contributed by atoms with Crippen LogP contribution in [-0.2, 0) is 9.53 Å². The number of carbonyl (C=O) groups is 1. The lowest BCUT2D eigenvalue weighted by Gasteiger charge is -2.21. The van der Waals surface area contributed by atoms with Crippen molar-refractivity contribution in [3.63, 3.8) is 0 Å². The molecule has 0 amide bonds. The van der Waals surface area contributed by atoms with Crippen molar-refractivity contribution in [2.24, 2.45) is 0 Å². The fourth-order valence-electron chi connectivity index (χ4n) is 1.70. The Bertz CT molecular complexity index is 361. The number of aromatic hydroxyl groups is 1. The van der Waals surface area contributed by atoms with Gasteiger partial charge in [-0.25, -0.2) is 0 Å². The Morgan fingerprint density at radius 2 is 2.00 bits per heavy atom. The van der Waals surface area contributed by atoms with Gasteiger partial charge in [0.2, 0.25) is 0 Å². The Hall–Kier alpha value is -1.55. The number of phenolic OH excluding ortho intramolecular Hbond substituents is 1. The summed E-state index contributed by atoms with van der Waals surface area (Å²) in [5.41, 5.74) is 1.04. The second kappa shape index (κ2) is 6.25. The Labute approximate surface area is 102 Å². The fourth-order valence-corrected chi connectivity index (χ4v) is 1.70. The minimum atomic E-state index is -0.348. The molecular formula is C13H19NO3. The minimum absolute atomic E-state index is 0.0738. The van der Waals surface area contributed by atoms with Crippen LogP contribution in [0.3, 0.4) is 0 Å². The maximum atomic E-state index is 11.3. The first-order chi connectivity index (χ1) is 8.08. The Kier molecular flexibility index (Phi) is 4.97. The van der Waals surface area contributed by atoms with Crippen molar-refractivity contribution in [2.75, 3.05) is 7.11 Å². The number of nitrogens with one attached hydrogen (secondary N) is 1. The molecule has 4 nitrogen and oxygen atoms in total. The van der Waals surface area contributed by atoms with Gasteiger partial charge in [0.25, 0.3) is 0 Å². The third-order valence-electron chi connectivity index (χ3n) is 2.71. The summed E-state index contributed by atoms with van der Waals surface area (Å²) in [6, 6.07) is 6.70. The number of hydrogen-bond donors (Lipinski definition) is 2. The molecule has 2 N–H and O–H groups in total. The van der Waals surface area contributed by atoms with Gasteiger partial charge in [0.15, 0.2) is 0 Å². The zero-order chi connectivity index (χ0) is 12.8. The molecule has 0 heterocycles. The van der Waals surface area contributed by atoms with Crippen LogP contribution >= 0.6 is 0 Å². The Balaban J connectivity index is 2.71. The molecule has 0 saturated heterocycles. The highest BCUT2D eigenvalue weighted by atomic mass is 16.5. The van der Waals surface area contributed by atoms with Crippen molar-refractivity contribution >= 4 is 5.97 Å². The van der Waals surface area contributed by atoms with Gasteiger partial charge >= 0.3 is 5.97 Å². The molecule has 0 aliphatic heterocycles. The first-order valence-electron chi connectivity index (χ1n) is 5.71. The molecule has 2 atom stereocenters. The van der Waals surface area contributed by atoms with E-state index in [1.165, 1.54) is 7.11 Å². The molecular weight excluding hydrogens is 218 g/mol. The number of rotatable bonds is 5. The van der Waals surface area contributed by atoms with E-state index in [4.69, 9.17) is 0 Å². The number of methoxy groups -OCH3 is 1. The lowest BCUT2D eigenvalue weighted by Crippen LogP contribution is -2.37. The highest BCUT2D eigenvalue weighted by molar-refractivity contribution is 5.75. The van der Waals surface area contributed by atoms with Crippen molar-refractivity contribution in [1.82, 2.24) is 5.32 Å². The molecule has 17 heavy (non-hydrogen) atoms. The molecule has 0 aromatic heterocycles. The molecule has 0 fully saturated rings.